The Kier molecular flexibility index (Phi) is 3.81. The van der Waals surface area contributed by atoms with Crippen LogP contribution >= 0.6 is 0 Å². The van der Waals surface area contributed by atoms with Crippen molar-refractivity contribution in [3.63, 3.8) is 0 Å². The van der Waals surface area contributed by atoms with Crippen molar-refractivity contribution < 1.29 is 17.9 Å². The number of hydrogen-bond donors (Lipinski definition) is 1. The number of aromatic nitrogens is 3. The van der Waals surface area contributed by atoms with Crippen molar-refractivity contribution >= 4 is 28.2 Å². The maximum Gasteiger partial charge on any atom is 0.573 e. The molecule has 0 aliphatic rings. The van der Waals surface area contributed by atoms with Gasteiger partial charge >= 0.3 is 6.36 Å². The normalized spacial score (nSPS) is 11.5. The molecule has 27 heavy (non-hydrogen) atoms. The van der Waals surface area contributed by atoms with E-state index in [9.17, 15) is 13.2 Å². The second kappa shape index (κ2) is 6.17. The summed E-state index contributed by atoms with van der Waals surface area (Å²) in [5.74, 6) is 0.0937. The number of nitrogens with one attached hydrogen (secondary N) is 1. The molecule has 0 amide bonds. The molecule has 0 bridgehead atoms. The summed E-state index contributed by atoms with van der Waals surface area (Å²) >= 11 is 0. The Hall–Kier alpha value is -3.80. The van der Waals surface area contributed by atoms with E-state index in [2.05, 4.69) is 26.1 Å². The molecule has 2 heterocycles. The molecule has 1 N–H and O–H groups in total. The summed E-state index contributed by atoms with van der Waals surface area (Å²) in [6, 6.07) is 12.5. The monoisotopic (exact) mass is 369 g/mol. The van der Waals surface area contributed by atoms with Gasteiger partial charge < -0.3 is 10.1 Å². The number of imidazole rings is 1. The molecule has 0 atom stereocenters. The van der Waals surface area contributed by atoms with Gasteiger partial charge in [0.15, 0.2) is 11.5 Å². The minimum atomic E-state index is -4.74. The number of nitriles is 1. The Balaban J connectivity index is 1.72. The van der Waals surface area contributed by atoms with Crippen LogP contribution in [0, 0.1) is 11.3 Å². The summed E-state index contributed by atoms with van der Waals surface area (Å²) in [6.07, 6.45) is -1.37. The third-order valence-corrected chi connectivity index (χ3v) is 3.80. The van der Waals surface area contributed by atoms with Gasteiger partial charge in [0.1, 0.15) is 5.75 Å². The van der Waals surface area contributed by atoms with Gasteiger partial charge in [-0.3, -0.25) is 4.40 Å². The topological polar surface area (TPSA) is 75.2 Å². The maximum absolute atomic E-state index is 12.3. The third kappa shape index (κ3) is 3.32. The van der Waals surface area contributed by atoms with E-state index in [0.29, 0.717) is 28.2 Å². The van der Waals surface area contributed by atoms with Crippen LogP contribution in [0.25, 0.3) is 16.7 Å². The summed E-state index contributed by atoms with van der Waals surface area (Å²) in [6.45, 7) is 0. The number of halogens is 3. The first-order chi connectivity index (χ1) is 12.9. The molecule has 4 aromatic rings. The summed E-state index contributed by atoms with van der Waals surface area (Å²) in [7, 11) is 0. The van der Waals surface area contributed by atoms with Gasteiger partial charge in [-0.05, 0) is 42.5 Å². The average molecular weight is 369 g/mol. The molecule has 0 saturated heterocycles. The Morgan fingerprint density at radius 3 is 2.59 bits per heavy atom. The predicted octanol–water partition coefficient (Wildman–Crippen LogP) is 4.40. The summed E-state index contributed by atoms with van der Waals surface area (Å²) < 4.78 is 42.4. The summed E-state index contributed by atoms with van der Waals surface area (Å²) in [5, 5.41) is 12.1. The molecule has 0 fully saturated rings. The van der Waals surface area contributed by atoms with Gasteiger partial charge in [-0.2, -0.15) is 5.26 Å². The summed E-state index contributed by atoms with van der Waals surface area (Å²) in [4.78, 5) is 8.78. The minimum absolute atomic E-state index is 0.316. The van der Waals surface area contributed by atoms with Crippen molar-refractivity contribution in [3.05, 3.63) is 60.4 Å². The minimum Gasteiger partial charge on any atom is -0.406 e. The molecule has 0 aliphatic carbocycles. The molecular formula is C18H10F3N5O. The molecule has 0 aliphatic heterocycles. The first-order valence-electron chi connectivity index (χ1n) is 7.73. The molecule has 2 aromatic carbocycles. The van der Waals surface area contributed by atoms with Crippen LogP contribution in [0.3, 0.4) is 0 Å². The van der Waals surface area contributed by atoms with Gasteiger partial charge in [0.2, 0.25) is 0 Å². The number of anilines is 2. The first kappa shape index (κ1) is 16.7. The summed E-state index contributed by atoms with van der Waals surface area (Å²) in [5.41, 5.74) is 2.88. The van der Waals surface area contributed by atoms with Crippen molar-refractivity contribution in [2.45, 2.75) is 6.36 Å². The van der Waals surface area contributed by atoms with Crippen molar-refractivity contribution in [1.82, 2.24) is 14.4 Å². The molecule has 0 spiro atoms. The number of alkyl halides is 3. The largest absolute Gasteiger partial charge is 0.573 e. The van der Waals surface area contributed by atoms with Crippen LogP contribution in [0.1, 0.15) is 5.56 Å². The van der Waals surface area contributed by atoms with Crippen molar-refractivity contribution in [2.24, 2.45) is 0 Å². The number of rotatable bonds is 3. The van der Waals surface area contributed by atoms with E-state index in [-0.39, 0.29) is 5.75 Å². The Labute approximate surface area is 150 Å². The van der Waals surface area contributed by atoms with Crippen molar-refractivity contribution in [3.8, 4) is 11.8 Å². The molecule has 2 aromatic heterocycles. The van der Waals surface area contributed by atoms with Gasteiger partial charge in [-0.25, -0.2) is 9.97 Å². The van der Waals surface area contributed by atoms with Gasteiger partial charge in [-0.15, -0.1) is 13.2 Å². The molecule has 0 saturated carbocycles. The number of nitrogens with zero attached hydrogens (tertiary/aromatic N) is 4. The zero-order valence-electron chi connectivity index (χ0n) is 13.5. The average Bonchev–Trinajstić information content (AvgIpc) is 3.12. The van der Waals surface area contributed by atoms with E-state index >= 15 is 0 Å². The number of benzene rings is 2. The second-order valence-corrected chi connectivity index (χ2v) is 5.59. The number of ether oxygens (including phenoxy) is 1. The zero-order chi connectivity index (χ0) is 19.0. The Bertz CT molecular complexity index is 1180. The highest BCUT2D eigenvalue weighted by atomic mass is 19.4. The van der Waals surface area contributed by atoms with E-state index in [1.165, 1.54) is 24.3 Å². The van der Waals surface area contributed by atoms with Gasteiger partial charge in [0, 0.05) is 18.1 Å². The van der Waals surface area contributed by atoms with Crippen LogP contribution in [-0.2, 0) is 0 Å². The van der Waals surface area contributed by atoms with Crippen LogP contribution in [0.5, 0.6) is 5.75 Å². The lowest BCUT2D eigenvalue weighted by molar-refractivity contribution is -0.274. The first-order valence-corrected chi connectivity index (χ1v) is 7.73. The molecular weight excluding hydrogens is 359 g/mol. The molecule has 134 valence electrons. The van der Waals surface area contributed by atoms with Crippen molar-refractivity contribution in [1.29, 1.82) is 5.26 Å². The molecule has 4 rings (SSSR count). The standard InChI is InChI=1S/C18H10F3N5O/c19-18(20,21)27-13-4-2-12(3-5-13)24-16-17-23-7-8-26(17)15-6-1-11(10-22)9-14(15)25-16/h1-9H,(H,24,25). The van der Waals surface area contributed by atoms with E-state index in [4.69, 9.17) is 5.26 Å². The quantitative estimate of drug-likeness (QED) is 0.579. The van der Waals surface area contributed by atoms with Crippen molar-refractivity contribution in [2.75, 3.05) is 5.32 Å². The second-order valence-electron chi connectivity index (χ2n) is 5.59. The van der Waals surface area contributed by atoms with E-state index in [1.54, 1.807) is 30.6 Å². The Morgan fingerprint density at radius 2 is 1.89 bits per heavy atom. The van der Waals surface area contributed by atoms with Gasteiger partial charge in [-0.1, -0.05) is 0 Å². The van der Waals surface area contributed by atoms with Crippen LogP contribution in [-0.4, -0.2) is 20.7 Å². The third-order valence-electron chi connectivity index (χ3n) is 3.80. The molecule has 0 radical (unpaired) electrons. The predicted molar refractivity (Wildman–Crippen MR) is 91.6 cm³/mol. The van der Waals surface area contributed by atoms with Gasteiger partial charge in [0.25, 0.3) is 0 Å². The maximum atomic E-state index is 12.3. The SMILES string of the molecule is N#Cc1ccc2c(c1)nc(Nc1ccc(OC(F)(F)F)cc1)c1nccn12. The van der Waals surface area contributed by atoms with E-state index < -0.39 is 6.36 Å². The van der Waals surface area contributed by atoms with Crippen LogP contribution < -0.4 is 10.1 Å². The van der Waals surface area contributed by atoms with Gasteiger partial charge in [0.05, 0.1) is 22.7 Å². The number of fused-ring (bicyclic) bond motifs is 3. The lowest BCUT2D eigenvalue weighted by Gasteiger charge is -2.11. The molecule has 0 unspecified atom stereocenters. The number of hydrogen-bond acceptors (Lipinski definition) is 5. The smallest absolute Gasteiger partial charge is 0.406 e. The molecule has 9 heteroatoms. The van der Waals surface area contributed by atoms with Crippen LogP contribution in [0.2, 0.25) is 0 Å². The highest BCUT2D eigenvalue weighted by Gasteiger charge is 2.30. The highest BCUT2D eigenvalue weighted by Crippen LogP contribution is 2.27. The fourth-order valence-corrected chi connectivity index (χ4v) is 2.69. The highest BCUT2D eigenvalue weighted by molar-refractivity contribution is 5.85. The Morgan fingerprint density at radius 1 is 1.11 bits per heavy atom. The van der Waals surface area contributed by atoms with E-state index in [1.807, 2.05) is 4.40 Å². The van der Waals surface area contributed by atoms with Crippen LogP contribution in [0.4, 0.5) is 24.7 Å². The fourth-order valence-electron chi connectivity index (χ4n) is 2.69. The van der Waals surface area contributed by atoms with Crippen LogP contribution in [0.15, 0.2) is 54.9 Å². The lowest BCUT2D eigenvalue weighted by Crippen LogP contribution is -2.17. The molecule has 6 nitrogen and oxygen atoms in total. The lowest BCUT2D eigenvalue weighted by atomic mass is 10.2. The van der Waals surface area contributed by atoms with E-state index in [0.717, 1.165) is 5.52 Å². The zero-order valence-corrected chi connectivity index (χ0v) is 13.5. The fraction of sp³-hybridized carbons (Fsp3) is 0.0556.